The zero-order valence-corrected chi connectivity index (χ0v) is 6.34. The van der Waals surface area contributed by atoms with Gasteiger partial charge in [0.15, 0.2) is 11.6 Å². The smallest absolute Gasteiger partial charge is 0.231 e. The largest absolute Gasteiger partial charge is 0.453 e. The van der Waals surface area contributed by atoms with Crippen LogP contribution in [0.5, 0.6) is 11.5 Å². The van der Waals surface area contributed by atoms with Gasteiger partial charge in [0.05, 0.1) is 0 Å². The molecular weight excluding hydrogens is 161 g/mol. The molecule has 64 valence electrons. The molecule has 0 aliphatic carbocycles. The molecule has 1 aromatic carbocycles. The summed E-state index contributed by atoms with van der Waals surface area (Å²) >= 11 is 0. The van der Waals surface area contributed by atoms with Crippen LogP contribution in [0.1, 0.15) is 5.56 Å². The van der Waals surface area contributed by atoms with Crippen LogP contribution in [0.4, 0.5) is 4.39 Å². The van der Waals surface area contributed by atoms with E-state index in [1.165, 1.54) is 6.07 Å². The van der Waals surface area contributed by atoms with Crippen molar-refractivity contribution in [1.29, 1.82) is 0 Å². The molecule has 1 aliphatic heterocycles. The lowest BCUT2D eigenvalue weighted by Crippen LogP contribution is -1.99. The van der Waals surface area contributed by atoms with Gasteiger partial charge in [-0.3, -0.25) is 0 Å². The van der Waals surface area contributed by atoms with E-state index >= 15 is 0 Å². The van der Waals surface area contributed by atoms with Gasteiger partial charge < -0.3 is 15.2 Å². The van der Waals surface area contributed by atoms with E-state index in [1.54, 1.807) is 6.07 Å². The van der Waals surface area contributed by atoms with E-state index in [9.17, 15) is 4.39 Å². The van der Waals surface area contributed by atoms with Gasteiger partial charge in [0, 0.05) is 12.1 Å². The SMILES string of the molecule is NCc1ccc(F)c2c1OCO2. The Labute approximate surface area is 68.9 Å². The second-order valence-corrected chi connectivity index (χ2v) is 2.48. The second kappa shape index (κ2) is 2.64. The summed E-state index contributed by atoms with van der Waals surface area (Å²) in [5.74, 6) is 0.218. The van der Waals surface area contributed by atoms with E-state index in [-0.39, 0.29) is 12.5 Å². The van der Waals surface area contributed by atoms with Crippen LogP contribution in [0.15, 0.2) is 12.1 Å². The van der Waals surface area contributed by atoms with Crippen molar-refractivity contribution in [2.75, 3.05) is 6.79 Å². The highest BCUT2D eigenvalue weighted by atomic mass is 19.1. The zero-order chi connectivity index (χ0) is 8.55. The summed E-state index contributed by atoms with van der Waals surface area (Å²) in [6, 6.07) is 2.93. The Morgan fingerprint density at radius 2 is 2.08 bits per heavy atom. The van der Waals surface area contributed by atoms with E-state index < -0.39 is 5.82 Å². The molecule has 0 atom stereocenters. The number of fused-ring (bicyclic) bond motifs is 1. The molecule has 4 heteroatoms. The quantitative estimate of drug-likeness (QED) is 0.682. The van der Waals surface area contributed by atoms with Crippen molar-refractivity contribution in [2.24, 2.45) is 5.73 Å². The lowest BCUT2D eigenvalue weighted by molar-refractivity contribution is 0.170. The van der Waals surface area contributed by atoms with Crippen molar-refractivity contribution in [3.8, 4) is 11.5 Å². The molecule has 0 saturated carbocycles. The topological polar surface area (TPSA) is 44.5 Å². The third-order valence-corrected chi connectivity index (χ3v) is 1.77. The summed E-state index contributed by atoms with van der Waals surface area (Å²) in [7, 11) is 0. The number of hydrogen-bond acceptors (Lipinski definition) is 3. The maximum Gasteiger partial charge on any atom is 0.231 e. The van der Waals surface area contributed by atoms with Gasteiger partial charge in [-0.1, -0.05) is 6.07 Å². The number of hydrogen-bond donors (Lipinski definition) is 1. The molecule has 1 heterocycles. The number of halogens is 1. The maximum absolute atomic E-state index is 13.0. The monoisotopic (exact) mass is 169 g/mol. The Morgan fingerprint density at radius 3 is 2.83 bits per heavy atom. The number of rotatable bonds is 1. The van der Waals surface area contributed by atoms with E-state index in [4.69, 9.17) is 15.2 Å². The first-order valence-corrected chi connectivity index (χ1v) is 3.60. The van der Waals surface area contributed by atoms with E-state index in [0.29, 0.717) is 12.3 Å². The van der Waals surface area contributed by atoms with Crippen molar-refractivity contribution in [2.45, 2.75) is 6.54 Å². The predicted molar refractivity (Wildman–Crippen MR) is 40.4 cm³/mol. The summed E-state index contributed by atoms with van der Waals surface area (Å²) in [5, 5.41) is 0. The predicted octanol–water partition coefficient (Wildman–Crippen LogP) is 1.01. The van der Waals surface area contributed by atoms with Crippen LogP contribution in [0.2, 0.25) is 0 Å². The Hall–Kier alpha value is -1.29. The van der Waals surface area contributed by atoms with Crippen LogP contribution in [-0.4, -0.2) is 6.79 Å². The molecule has 12 heavy (non-hydrogen) atoms. The molecule has 2 N–H and O–H groups in total. The summed E-state index contributed by atoms with van der Waals surface area (Å²) in [4.78, 5) is 0. The molecule has 0 bridgehead atoms. The number of nitrogens with two attached hydrogens (primary N) is 1. The van der Waals surface area contributed by atoms with Gasteiger partial charge in [-0.25, -0.2) is 4.39 Å². The average Bonchev–Trinajstić information content (AvgIpc) is 2.54. The minimum absolute atomic E-state index is 0.0727. The minimum atomic E-state index is -0.403. The number of ether oxygens (including phenoxy) is 2. The van der Waals surface area contributed by atoms with Gasteiger partial charge >= 0.3 is 0 Å². The van der Waals surface area contributed by atoms with Crippen molar-refractivity contribution >= 4 is 0 Å². The molecule has 1 aliphatic rings. The second-order valence-electron chi connectivity index (χ2n) is 2.48. The molecule has 0 amide bonds. The first-order valence-electron chi connectivity index (χ1n) is 3.60. The molecule has 2 rings (SSSR count). The molecule has 0 aromatic heterocycles. The van der Waals surface area contributed by atoms with Crippen molar-refractivity contribution in [3.63, 3.8) is 0 Å². The van der Waals surface area contributed by atoms with Crippen LogP contribution >= 0.6 is 0 Å². The Kier molecular flexibility index (Phi) is 1.62. The highest BCUT2D eigenvalue weighted by Crippen LogP contribution is 2.37. The highest BCUT2D eigenvalue weighted by Gasteiger charge is 2.20. The first-order chi connectivity index (χ1) is 5.83. The minimum Gasteiger partial charge on any atom is -0.453 e. The molecule has 0 radical (unpaired) electrons. The van der Waals surface area contributed by atoms with Gasteiger partial charge in [0.25, 0.3) is 0 Å². The van der Waals surface area contributed by atoms with Gasteiger partial charge in [-0.05, 0) is 6.07 Å². The van der Waals surface area contributed by atoms with E-state index in [1.807, 2.05) is 0 Å². The van der Waals surface area contributed by atoms with Gasteiger partial charge in [-0.2, -0.15) is 0 Å². The van der Waals surface area contributed by atoms with Gasteiger partial charge in [0.2, 0.25) is 12.5 Å². The lowest BCUT2D eigenvalue weighted by Gasteiger charge is -2.02. The molecule has 0 unspecified atom stereocenters. The third kappa shape index (κ3) is 0.921. The molecule has 0 fully saturated rings. The van der Waals surface area contributed by atoms with E-state index in [2.05, 4.69) is 0 Å². The van der Waals surface area contributed by atoms with Crippen LogP contribution in [0, 0.1) is 5.82 Å². The lowest BCUT2D eigenvalue weighted by atomic mass is 10.2. The summed E-state index contributed by atoms with van der Waals surface area (Å²) in [6.07, 6.45) is 0. The zero-order valence-electron chi connectivity index (χ0n) is 6.34. The molecule has 1 aromatic rings. The summed E-state index contributed by atoms with van der Waals surface area (Å²) in [5.41, 5.74) is 6.18. The fraction of sp³-hybridized carbons (Fsp3) is 0.250. The van der Waals surface area contributed by atoms with E-state index in [0.717, 1.165) is 5.56 Å². The summed E-state index contributed by atoms with van der Waals surface area (Å²) < 4.78 is 22.9. The molecule has 3 nitrogen and oxygen atoms in total. The first kappa shape index (κ1) is 7.36. The fourth-order valence-electron chi connectivity index (χ4n) is 1.18. The third-order valence-electron chi connectivity index (χ3n) is 1.77. The van der Waals surface area contributed by atoms with Gasteiger partial charge in [0.1, 0.15) is 0 Å². The van der Waals surface area contributed by atoms with Gasteiger partial charge in [-0.15, -0.1) is 0 Å². The number of benzene rings is 1. The van der Waals surface area contributed by atoms with Crippen LogP contribution < -0.4 is 15.2 Å². The average molecular weight is 169 g/mol. The van der Waals surface area contributed by atoms with Crippen molar-refractivity contribution in [1.82, 2.24) is 0 Å². The molecule has 0 spiro atoms. The van der Waals surface area contributed by atoms with Crippen LogP contribution in [0.25, 0.3) is 0 Å². The Morgan fingerprint density at radius 1 is 1.33 bits per heavy atom. The summed E-state index contributed by atoms with van der Waals surface area (Å²) in [6.45, 7) is 0.398. The molecule has 0 saturated heterocycles. The Bertz CT molecular complexity index is 314. The van der Waals surface area contributed by atoms with Crippen molar-refractivity contribution < 1.29 is 13.9 Å². The fourth-order valence-corrected chi connectivity index (χ4v) is 1.18. The standard InChI is InChI=1S/C8H8FNO2/c9-6-2-1-5(3-10)7-8(6)12-4-11-7/h1-2H,3-4,10H2. The van der Waals surface area contributed by atoms with Crippen LogP contribution in [0.3, 0.4) is 0 Å². The molecular formula is C8H8FNO2. The van der Waals surface area contributed by atoms with Crippen LogP contribution in [-0.2, 0) is 6.54 Å². The maximum atomic E-state index is 13.0. The normalized spacial score (nSPS) is 13.5. The Balaban J connectivity index is 2.57. The van der Waals surface area contributed by atoms with Crippen molar-refractivity contribution in [3.05, 3.63) is 23.5 Å². The highest BCUT2D eigenvalue weighted by molar-refractivity contribution is 5.49.